The van der Waals surface area contributed by atoms with Crippen molar-refractivity contribution < 1.29 is 0 Å². The van der Waals surface area contributed by atoms with Gasteiger partial charge in [0.2, 0.25) is 5.13 Å². The van der Waals surface area contributed by atoms with Crippen molar-refractivity contribution in [3.05, 3.63) is 18.1 Å². The number of nitrogens with zero attached hydrogens (tertiary/aromatic N) is 6. The molecule has 18 heavy (non-hydrogen) atoms. The molecule has 0 fully saturated rings. The Kier molecular flexibility index (Phi) is 2.84. The summed E-state index contributed by atoms with van der Waals surface area (Å²) in [6.07, 6.45) is 2.33. The SMILES string of the molecule is CCc1cc(Sc2nnc(N)s2)n2ncnc2n1. The van der Waals surface area contributed by atoms with Crippen LogP contribution in [0.5, 0.6) is 0 Å². The summed E-state index contributed by atoms with van der Waals surface area (Å²) < 4.78 is 2.46. The zero-order chi connectivity index (χ0) is 12.5. The van der Waals surface area contributed by atoms with Crippen LogP contribution in [0.15, 0.2) is 21.8 Å². The minimum atomic E-state index is 0.456. The lowest BCUT2D eigenvalue weighted by atomic mass is 10.3. The van der Waals surface area contributed by atoms with Gasteiger partial charge >= 0.3 is 0 Å². The van der Waals surface area contributed by atoms with Crippen LogP contribution in [0, 0.1) is 0 Å². The molecule has 0 aliphatic carbocycles. The highest BCUT2D eigenvalue weighted by Gasteiger charge is 2.11. The lowest BCUT2D eigenvalue weighted by Gasteiger charge is -2.03. The maximum absolute atomic E-state index is 5.57. The molecule has 0 unspecified atom stereocenters. The molecule has 2 N–H and O–H groups in total. The summed E-state index contributed by atoms with van der Waals surface area (Å²) >= 11 is 2.80. The van der Waals surface area contributed by atoms with Crippen molar-refractivity contribution in [3.8, 4) is 0 Å². The molecule has 3 rings (SSSR count). The summed E-state index contributed by atoms with van der Waals surface area (Å²) in [6, 6.07) is 1.98. The highest BCUT2D eigenvalue weighted by Crippen LogP contribution is 2.30. The number of nitrogens with two attached hydrogens (primary N) is 1. The molecule has 0 aliphatic heterocycles. The first kappa shape index (κ1) is 11.4. The number of anilines is 1. The van der Waals surface area contributed by atoms with Crippen LogP contribution in [0.25, 0.3) is 5.78 Å². The van der Waals surface area contributed by atoms with Crippen LogP contribution >= 0.6 is 23.1 Å². The molecule has 3 aromatic heterocycles. The van der Waals surface area contributed by atoms with Crippen LogP contribution in [-0.4, -0.2) is 29.8 Å². The zero-order valence-corrected chi connectivity index (χ0v) is 11.1. The van der Waals surface area contributed by atoms with Crippen molar-refractivity contribution in [2.24, 2.45) is 0 Å². The molecule has 0 aliphatic rings. The normalized spacial score (nSPS) is 11.2. The van der Waals surface area contributed by atoms with Gasteiger partial charge in [-0.2, -0.15) is 14.6 Å². The van der Waals surface area contributed by atoms with Crippen molar-refractivity contribution in [2.45, 2.75) is 22.7 Å². The van der Waals surface area contributed by atoms with Gasteiger partial charge in [-0.05, 0) is 24.2 Å². The average Bonchev–Trinajstić information content (AvgIpc) is 2.98. The van der Waals surface area contributed by atoms with Crippen molar-refractivity contribution in [1.82, 2.24) is 29.8 Å². The van der Waals surface area contributed by atoms with E-state index in [-0.39, 0.29) is 0 Å². The highest BCUT2D eigenvalue weighted by molar-refractivity contribution is 8.01. The molecule has 0 radical (unpaired) electrons. The van der Waals surface area contributed by atoms with Gasteiger partial charge in [0, 0.05) is 5.69 Å². The van der Waals surface area contributed by atoms with Crippen LogP contribution in [0.1, 0.15) is 12.6 Å². The van der Waals surface area contributed by atoms with Gasteiger partial charge in [-0.1, -0.05) is 18.3 Å². The molecule has 0 saturated heterocycles. The number of hydrogen-bond donors (Lipinski definition) is 1. The van der Waals surface area contributed by atoms with E-state index in [1.807, 2.05) is 13.0 Å². The molecule has 0 bridgehead atoms. The summed E-state index contributed by atoms with van der Waals surface area (Å²) in [5, 5.41) is 13.3. The lowest BCUT2D eigenvalue weighted by molar-refractivity contribution is 0.821. The maximum Gasteiger partial charge on any atom is 0.253 e. The van der Waals surface area contributed by atoms with Crippen molar-refractivity contribution >= 4 is 34.0 Å². The number of hydrogen-bond acceptors (Lipinski definition) is 8. The van der Waals surface area contributed by atoms with E-state index in [0.29, 0.717) is 10.9 Å². The summed E-state index contributed by atoms with van der Waals surface area (Å²) in [6.45, 7) is 2.05. The van der Waals surface area contributed by atoms with Gasteiger partial charge < -0.3 is 5.73 Å². The Morgan fingerprint density at radius 2 is 2.33 bits per heavy atom. The van der Waals surface area contributed by atoms with E-state index in [1.54, 1.807) is 4.52 Å². The van der Waals surface area contributed by atoms with Crippen LogP contribution in [-0.2, 0) is 6.42 Å². The predicted octanol–water partition coefficient (Wildman–Crippen LogP) is 1.27. The predicted molar refractivity (Wildman–Crippen MR) is 68.6 cm³/mol. The van der Waals surface area contributed by atoms with E-state index in [0.717, 1.165) is 21.5 Å². The molecule has 9 heteroatoms. The topological polar surface area (TPSA) is 94.9 Å². The molecule has 92 valence electrons. The van der Waals surface area contributed by atoms with E-state index in [1.165, 1.54) is 29.4 Å². The second kappa shape index (κ2) is 4.50. The van der Waals surface area contributed by atoms with Crippen LogP contribution in [0.2, 0.25) is 0 Å². The first-order chi connectivity index (χ1) is 8.76. The molecule has 3 aromatic rings. The quantitative estimate of drug-likeness (QED) is 0.721. The van der Waals surface area contributed by atoms with Gasteiger partial charge in [0.05, 0.1) is 0 Å². The Hall–Kier alpha value is -1.74. The third-order valence-electron chi connectivity index (χ3n) is 2.25. The molecule has 3 heterocycles. The van der Waals surface area contributed by atoms with E-state index in [9.17, 15) is 0 Å². The minimum Gasteiger partial charge on any atom is -0.374 e. The molecular weight excluding hydrogens is 270 g/mol. The van der Waals surface area contributed by atoms with E-state index >= 15 is 0 Å². The van der Waals surface area contributed by atoms with Gasteiger partial charge in [0.25, 0.3) is 5.78 Å². The minimum absolute atomic E-state index is 0.456. The highest BCUT2D eigenvalue weighted by atomic mass is 32.2. The Labute approximate surface area is 110 Å². The second-order valence-corrected chi connectivity index (χ2v) is 5.70. The summed E-state index contributed by atoms with van der Waals surface area (Å²) in [5.41, 5.74) is 6.53. The Balaban J connectivity index is 2.06. The Morgan fingerprint density at radius 1 is 1.44 bits per heavy atom. The molecular formula is C9H9N7S2. The monoisotopic (exact) mass is 279 g/mol. The lowest BCUT2D eigenvalue weighted by Crippen LogP contribution is -1.99. The Bertz CT molecular complexity index is 689. The number of nitrogen functional groups attached to an aromatic ring is 1. The first-order valence-corrected chi connectivity index (χ1v) is 6.86. The number of aryl methyl sites for hydroxylation is 1. The fourth-order valence-electron chi connectivity index (χ4n) is 1.44. The van der Waals surface area contributed by atoms with E-state index in [2.05, 4.69) is 25.3 Å². The second-order valence-electron chi connectivity index (χ2n) is 3.42. The number of fused-ring (bicyclic) bond motifs is 1. The third-order valence-corrected chi connectivity index (χ3v) is 4.05. The van der Waals surface area contributed by atoms with Crippen molar-refractivity contribution in [3.63, 3.8) is 0 Å². The van der Waals surface area contributed by atoms with Crippen LogP contribution in [0.4, 0.5) is 5.13 Å². The first-order valence-electron chi connectivity index (χ1n) is 5.22. The molecule has 0 atom stereocenters. The fraction of sp³-hybridized carbons (Fsp3) is 0.222. The number of rotatable bonds is 3. The standard InChI is InChI=1S/C9H9N7S2/c1-2-5-3-6(16-8(13-5)11-4-12-16)17-9-15-14-7(10)18-9/h3-4H,2H2,1H3,(H2,10,14). The molecule has 0 amide bonds. The fourth-order valence-corrected chi connectivity index (χ4v) is 3.13. The smallest absolute Gasteiger partial charge is 0.253 e. The largest absolute Gasteiger partial charge is 0.374 e. The molecule has 0 aromatic carbocycles. The van der Waals surface area contributed by atoms with Gasteiger partial charge in [-0.25, -0.2) is 4.98 Å². The van der Waals surface area contributed by atoms with Gasteiger partial charge in [-0.15, -0.1) is 10.2 Å². The average molecular weight is 279 g/mol. The van der Waals surface area contributed by atoms with Gasteiger partial charge in [-0.3, -0.25) is 0 Å². The maximum atomic E-state index is 5.57. The van der Waals surface area contributed by atoms with Crippen LogP contribution < -0.4 is 5.73 Å². The summed E-state index contributed by atoms with van der Waals surface area (Å²) in [7, 11) is 0. The summed E-state index contributed by atoms with van der Waals surface area (Å²) in [5.74, 6) is 0.592. The van der Waals surface area contributed by atoms with E-state index in [4.69, 9.17) is 5.73 Å². The molecule has 0 spiro atoms. The molecule has 7 nitrogen and oxygen atoms in total. The Morgan fingerprint density at radius 3 is 3.06 bits per heavy atom. The van der Waals surface area contributed by atoms with Crippen LogP contribution in [0.3, 0.4) is 0 Å². The third kappa shape index (κ3) is 2.02. The van der Waals surface area contributed by atoms with E-state index < -0.39 is 0 Å². The van der Waals surface area contributed by atoms with Crippen molar-refractivity contribution in [2.75, 3.05) is 5.73 Å². The summed E-state index contributed by atoms with van der Waals surface area (Å²) in [4.78, 5) is 8.48. The number of aromatic nitrogens is 6. The zero-order valence-electron chi connectivity index (χ0n) is 9.44. The van der Waals surface area contributed by atoms with Crippen molar-refractivity contribution in [1.29, 1.82) is 0 Å². The van der Waals surface area contributed by atoms with Gasteiger partial charge in [0.15, 0.2) is 4.34 Å². The van der Waals surface area contributed by atoms with Gasteiger partial charge in [0.1, 0.15) is 11.4 Å². The molecule has 0 saturated carbocycles.